The highest BCUT2D eigenvalue weighted by Gasteiger charge is 2.60. The quantitative estimate of drug-likeness (QED) is 0.188. The highest BCUT2D eigenvalue weighted by molar-refractivity contribution is 6.43. The lowest BCUT2D eigenvalue weighted by Crippen LogP contribution is -2.58. The molecule has 0 unspecified atom stereocenters. The minimum absolute atomic E-state index is 0.0134. The van der Waals surface area contributed by atoms with Crippen LogP contribution in [0.25, 0.3) is 0 Å². The van der Waals surface area contributed by atoms with Gasteiger partial charge in [-0.1, -0.05) is 79.7 Å². The number of carbonyl (C=O) groups excluding carboxylic acids is 2. The lowest BCUT2D eigenvalue weighted by atomic mass is 9.71. The van der Waals surface area contributed by atoms with Crippen LogP contribution in [0.5, 0.6) is 0 Å². The molecular weight excluding hydrogens is 654 g/mol. The Balaban J connectivity index is 1.39. The van der Waals surface area contributed by atoms with Gasteiger partial charge in [0.25, 0.3) is 0 Å². The summed E-state index contributed by atoms with van der Waals surface area (Å²) in [7, 11) is 1.38. The van der Waals surface area contributed by atoms with Crippen molar-refractivity contribution in [1.82, 2.24) is 0 Å². The minimum atomic E-state index is -1.84. The fourth-order valence-corrected chi connectivity index (χ4v) is 8.06. The van der Waals surface area contributed by atoms with E-state index in [9.17, 15) is 19.8 Å². The molecule has 0 saturated carbocycles. The van der Waals surface area contributed by atoms with Gasteiger partial charge in [-0.2, -0.15) is 0 Å². The van der Waals surface area contributed by atoms with Crippen LogP contribution in [-0.2, 0) is 38.1 Å². The van der Waals surface area contributed by atoms with E-state index in [4.69, 9.17) is 28.5 Å². The molecule has 1 spiro atoms. The van der Waals surface area contributed by atoms with E-state index in [2.05, 4.69) is 12.1 Å². The molecule has 11 atom stereocenters. The Bertz CT molecular complexity index is 1620. The number of aliphatic hydroxyl groups is 2. The number of hydrogen-bond donors (Lipinski definition) is 2. The number of ether oxygens (including phenoxy) is 5. The van der Waals surface area contributed by atoms with Crippen LogP contribution in [-0.4, -0.2) is 89.6 Å². The number of aliphatic hydroxyl groups excluding tert-OH is 1. The summed E-state index contributed by atoms with van der Waals surface area (Å²) in [5.74, 6) is -3.26. The number of rotatable bonds is 4. The van der Waals surface area contributed by atoms with Gasteiger partial charge in [-0.05, 0) is 56.3 Å². The Kier molecular flexibility index (Phi) is 11.0. The second kappa shape index (κ2) is 15.2. The SMILES string of the molecule is CO/N=C(/C(=O)O[C@H]1/C(C)=C\C[C@@H]2C[C@@H](C[C@]3(CC[C@H](C)[C@@H](C)O3)O2)OC(=O)[C@@H]2C=C(C)[C@@H](O)[C@H]3OCC(=C/C=C\[C@@H]1C)[C@@]32O)c1ccccc1. The van der Waals surface area contributed by atoms with E-state index < -0.39 is 53.7 Å². The average Bonchev–Trinajstić information content (AvgIpc) is 3.44. The first-order valence-electron chi connectivity index (χ1n) is 18.0. The van der Waals surface area contributed by atoms with Gasteiger partial charge in [0.1, 0.15) is 43.0 Å². The number of carbonyl (C=O) groups is 2. The monoisotopic (exact) mass is 705 g/mol. The van der Waals surface area contributed by atoms with Crippen LogP contribution in [0.1, 0.15) is 72.3 Å². The maximum Gasteiger partial charge on any atom is 0.361 e. The van der Waals surface area contributed by atoms with Crippen LogP contribution in [0.2, 0.25) is 0 Å². The number of oxime groups is 1. The van der Waals surface area contributed by atoms with Crippen molar-refractivity contribution in [2.45, 2.75) is 115 Å². The van der Waals surface area contributed by atoms with Crippen LogP contribution in [0.15, 0.2) is 82.6 Å². The number of fused-ring (bicyclic) bond motifs is 2. The van der Waals surface area contributed by atoms with E-state index in [1.807, 2.05) is 39.0 Å². The topological polar surface area (TPSA) is 142 Å². The van der Waals surface area contributed by atoms with Crippen LogP contribution in [0.3, 0.4) is 0 Å². The van der Waals surface area contributed by atoms with Gasteiger partial charge in [0.05, 0.1) is 18.8 Å². The molecule has 2 N–H and O–H groups in total. The first-order chi connectivity index (χ1) is 24.3. The lowest BCUT2D eigenvalue weighted by molar-refractivity contribution is -0.332. The van der Waals surface area contributed by atoms with Crippen molar-refractivity contribution in [2.24, 2.45) is 22.9 Å². The second-order valence-corrected chi connectivity index (χ2v) is 14.8. The standard InChI is InChI=1S/C40H51NO10/c1-23-17-18-39(50-27(23)5)21-31-20-30(51-39)16-15-25(3)35(49-38(44)33(41-46-6)28-12-8-7-9-13-28)24(2)11-10-14-29-22-47-36-34(42)26(4)19-32(37(43)48-31)40(29,36)45/h7-15,19,23-24,27,30-32,34-36,42,45H,16-18,20-22H2,1-6H3/b11-10-,25-15-,29-14?,41-33+/t23-,24-,27+,30+,31-,32-,34+,35+,36+,39-,40-/m0/s1. The number of nitrogens with zero attached hydrogens (tertiary/aromatic N) is 1. The molecule has 4 aliphatic heterocycles. The van der Waals surface area contributed by atoms with Crippen LogP contribution < -0.4 is 0 Å². The van der Waals surface area contributed by atoms with Gasteiger partial charge in [-0.25, -0.2) is 4.79 Å². The number of benzene rings is 1. The zero-order valence-corrected chi connectivity index (χ0v) is 30.3. The second-order valence-electron chi connectivity index (χ2n) is 14.8. The Hall–Kier alpha value is -3.61. The molecule has 0 amide bonds. The molecule has 1 aromatic rings. The molecule has 1 aliphatic carbocycles. The summed E-state index contributed by atoms with van der Waals surface area (Å²) in [6, 6.07) is 8.99. The summed E-state index contributed by atoms with van der Waals surface area (Å²) < 4.78 is 31.7. The van der Waals surface area contributed by atoms with Crippen molar-refractivity contribution in [3.05, 3.63) is 83.0 Å². The Morgan fingerprint density at radius 3 is 2.55 bits per heavy atom. The third-order valence-corrected chi connectivity index (χ3v) is 11.2. The van der Waals surface area contributed by atoms with Gasteiger partial charge < -0.3 is 38.7 Å². The number of hydrogen-bond acceptors (Lipinski definition) is 11. The third kappa shape index (κ3) is 7.50. The van der Waals surface area contributed by atoms with Gasteiger partial charge in [0.15, 0.2) is 11.5 Å². The summed E-state index contributed by atoms with van der Waals surface area (Å²) in [4.78, 5) is 32.8. The van der Waals surface area contributed by atoms with Crippen molar-refractivity contribution >= 4 is 17.7 Å². The maximum absolute atomic E-state index is 14.1. The van der Waals surface area contributed by atoms with E-state index in [1.165, 1.54) is 7.11 Å². The Labute approximate surface area is 299 Å². The molecule has 11 nitrogen and oxygen atoms in total. The van der Waals surface area contributed by atoms with Crippen molar-refractivity contribution in [3.63, 3.8) is 0 Å². The predicted molar refractivity (Wildman–Crippen MR) is 188 cm³/mol. The van der Waals surface area contributed by atoms with Gasteiger partial charge in [-0.15, -0.1) is 0 Å². The highest BCUT2D eigenvalue weighted by Crippen LogP contribution is 2.47. The fraction of sp³-hybridized carbons (Fsp3) is 0.575. The summed E-state index contributed by atoms with van der Waals surface area (Å²) in [5, 5.41) is 27.3. The third-order valence-electron chi connectivity index (χ3n) is 11.2. The Morgan fingerprint density at radius 2 is 1.82 bits per heavy atom. The summed E-state index contributed by atoms with van der Waals surface area (Å²) in [6.45, 7) is 9.77. The zero-order chi connectivity index (χ0) is 36.5. The van der Waals surface area contributed by atoms with E-state index in [0.717, 1.165) is 12.0 Å². The molecule has 6 rings (SSSR count). The van der Waals surface area contributed by atoms with Crippen LogP contribution >= 0.6 is 0 Å². The van der Waals surface area contributed by atoms with Gasteiger partial charge in [0, 0.05) is 30.7 Å². The van der Waals surface area contributed by atoms with Crippen LogP contribution in [0.4, 0.5) is 0 Å². The fourth-order valence-electron chi connectivity index (χ4n) is 8.06. The number of allylic oxidation sites excluding steroid dienone is 2. The molecule has 4 heterocycles. The normalized spacial score (nSPS) is 40.5. The van der Waals surface area contributed by atoms with E-state index >= 15 is 0 Å². The maximum atomic E-state index is 14.1. The minimum Gasteiger partial charge on any atom is -0.462 e. The first-order valence-corrected chi connectivity index (χ1v) is 18.0. The van der Waals surface area contributed by atoms with Crippen LogP contribution in [0, 0.1) is 17.8 Å². The molecule has 11 heteroatoms. The highest BCUT2D eigenvalue weighted by atomic mass is 16.7. The number of esters is 2. The lowest BCUT2D eigenvalue weighted by Gasteiger charge is -2.49. The van der Waals surface area contributed by atoms with E-state index in [-0.39, 0.29) is 30.4 Å². The first kappa shape index (κ1) is 37.2. The summed E-state index contributed by atoms with van der Waals surface area (Å²) in [5.41, 5.74) is 0.527. The molecule has 276 valence electrons. The molecule has 5 aliphatic rings. The molecule has 1 aromatic carbocycles. The average molecular weight is 706 g/mol. The van der Waals surface area contributed by atoms with Crippen molar-refractivity contribution in [3.8, 4) is 0 Å². The smallest absolute Gasteiger partial charge is 0.361 e. The van der Waals surface area contributed by atoms with Crippen molar-refractivity contribution in [1.29, 1.82) is 0 Å². The molecule has 2 bridgehead atoms. The Morgan fingerprint density at radius 1 is 1.06 bits per heavy atom. The molecule has 0 aromatic heterocycles. The van der Waals surface area contributed by atoms with E-state index in [1.54, 1.807) is 49.4 Å². The predicted octanol–water partition coefficient (Wildman–Crippen LogP) is 5.11. The summed E-state index contributed by atoms with van der Waals surface area (Å²) >= 11 is 0. The zero-order valence-electron chi connectivity index (χ0n) is 30.3. The van der Waals surface area contributed by atoms with Gasteiger partial charge in [-0.3, -0.25) is 4.79 Å². The molecule has 3 fully saturated rings. The van der Waals surface area contributed by atoms with Crippen molar-refractivity contribution in [2.75, 3.05) is 13.7 Å². The molecule has 51 heavy (non-hydrogen) atoms. The molecule has 0 radical (unpaired) electrons. The van der Waals surface area contributed by atoms with Crippen molar-refractivity contribution < 1.29 is 48.3 Å². The molecule has 3 saturated heterocycles. The summed E-state index contributed by atoms with van der Waals surface area (Å²) in [6.07, 6.45) is 7.89. The largest absolute Gasteiger partial charge is 0.462 e. The van der Waals surface area contributed by atoms with Gasteiger partial charge in [0.2, 0.25) is 0 Å². The van der Waals surface area contributed by atoms with E-state index in [0.29, 0.717) is 48.3 Å². The van der Waals surface area contributed by atoms with Gasteiger partial charge >= 0.3 is 11.9 Å². The molecular formula is C40H51NO10.